The van der Waals surface area contributed by atoms with E-state index in [0.29, 0.717) is 23.8 Å². The minimum atomic E-state index is -0.295. The molecule has 4 aromatic rings. The predicted molar refractivity (Wildman–Crippen MR) is 132 cm³/mol. The standard InChI is InChI=1S/C25H24N4O2S/c1-16(2)15-31-20-7-5-6-18(14-20)24(30)29-25(32)26-19-12-10-17(11-13-19)23-27-21-8-3-4-9-22(21)28-23/h3-14,16H,15H2,1-2H3,(H,27,28)(H2,26,29,30,32). The van der Waals surface area contributed by atoms with Crippen molar-refractivity contribution in [1.82, 2.24) is 15.3 Å². The smallest absolute Gasteiger partial charge is 0.257 e. The number of amides is 1. The van der Waals surface area contributed by atoms with Crippen LogP contribution in [0.3, 0.4) is 0 Å². The van der Waals surface area contributed by atoms with Crippen molar-refractivity contribution < 1.29 is 9.53 Å². The van der Waals surface area contributed by atoms with Crippen LogP contribution in [0.4, 0.5) is 5.69 Å². The van der Waals surface area contributed by atoms with Crippen LogP contribution >= 0.6 is 12.2 Å². The summed E-state index contributed by atoms with van der Waals surface area (Å²) in [6.07, 6.45) is 0. The Morgan fingerprint density at radius 2 is 1.84 bits per heavy atom. The fourth-order valence-electron chi connectivity index (χ4n) is 3.13. The van der Waals surface area contributed by atoms with E-state index in [2.05, 4.69) is 34.4 Å². The first-order valence-electron chi connectivity index (χ1n) is 10.4. The number of thiocarbonyl (C=S) groups is 1. The molecule has 0 saturated carbocycles. The van der Waals surface area contributed by atoms with Gasteiger partial charge in [0.2, 0.25) is 0 Å². The highest BCUT2D eigenvalue weighted by Crippen LogP contribution is 2.22. The van der Waals surface area contributed by atoms with Gasteiger partial charge in [-0.2, -0.15) is 0 Å². The Morgan fingerprint density at radius 1 is 1.06 bits per heavy atom. The number of rotatable bonds is 6. The number of aromatic amines is 1. The van der Waals surface area contributed by atoms with Crippen LogP contribution in [-0.4, -0.2) is 27.6 Å². The largest absolute Gasteiger partial charge is 0.493 e. The number of ether oxygens (including phenoxy) is 1. The molecular formula is C25H24N4O2S. The van der Waals surface area contributed by atoms with E-state index in [0.717, 1.165) is 28.1 Å². The first kappa shape index (κ1) is 21.5. The topological polar surface area (TPSA) is 79.0 Å². The molecule has 4 rings (SSSR count). The number of H-pyrrole nitrogens is 1. The maximum absolute atomic E-state index is 12.6. The van der Waals surface area contributed by atoms with Gasteiger partial charge in [0, 0.05) is 16.8 Å². The number of benzene rings is 3. The number of hydrogen-bond acceptors (Lipinski definition) is 4. The average molecular weight is 445 g/mol. The number of anilines is 1. The molecule has 6 nitrogen and oxygen atoms in total. The van der Waals surface area contributed by atoms with Gasteiger partial charge in [-0.05, 0) is 72.7 Å². The van der Waals surface area contributed by atoms with Gasteiger partial charge >= 0.3 is 0 Å². The number of carbonyl (C=O) groups excluding carboxylic acids is 1. The quantitative estimate of drug-likeness (QED) is 0.348. The zero-order valence-corrected chi connectivity index (χ0v) is 18.7. The van der Waals surface area contributed by atoms with Gasteiger partial charge in [-0.1, -0.05) is 32.0 Å². The summed E-state index contributed by atoms with van der Waals surface area (Å²) in [6, 6.07) is 22.6. The summed E-state index contributed by atoms with van der Waals surface area (Å²) < 4.78 is 5.69. The molecule has 0 atom stereocenters. The molecular weight excluding hydrogens is 420 g/mol. The number of nitrogens with one attached hydrogen (secondary N) is 3. The maximum atomic E-state index is 12.6. The van der Waals surface area contributed by atoms with Gasteiger partial charge in [-0.25, -0.2) is 4.98 Å². The lowest BCUT2D eigenvalue weighted by molar-refractivity contribution is 0.0977. The molecule has 1 aromatic heterocycles. The number of hydrogen-bond donors (Lipinski definition) is 3. The Bertz CT molecular complexity index is 1220. The minimum absolute atomic E-state index is 0.222. The maximum Gasteiger partial charge on any atom is 0.257 e. The van der Waals surface area contributed by atoms with Crippen molar-refractivity contribution in [2.45, 2.75) is 13.8 Å². The summed E-state index contributed by atoms with van der Waals surface area (Å²) in [5.74, 6) is 1.57. The van der Waals surface area contributed by atoms with Crippen LogP contribution < -0.4 is 15.4 Å². The summed E-state index contributed by atoms with van der Waals surface area (Å²) in [5.41, 5.74) is 4.12. The second-order valence-electron chi connectivity index (χ2n) is 7.82. The second-order valence-corrected chi connectivity index (χ2v) is 8.23. The average Bonchev–Trinajstić information content (AvgIpc) is 3.22. The fourth-order valence-corrected chi connectivity index (χ4v) is 3.34. The summed E-state index contributed by atoms with van der Waals surface area (Å²) >= 11 is 5.31. The van der Waals surface area contributed by atoms with Crippen molar-refractivity contribution in [3.63, 3.8) is 0 Å². The van der Waals surface area contributed by atoms with Crippen molar-refractivity contribution in [2.24, 2.45) is 5.92 Å². The molecule has 0 aliphatic rings. The van der Waals surface area contributed by atoms with Gasteiger partial charge in [-0.15, -0.1) is 0 Å². The molecule has 162 valence electrons. The summed E-state index contributed by atoms with van der Waals surface area (Å²) in [5, 5.41) is 5.97. The first-order valence-corrected chi connectivity index (χ1v) is 10.8. The first-order chi connectivity index (χ1) is 15.5. The second kappa shape index (κ2) is 9.62. The SMILES string of the molecule is CC(C)COc1cccc(C(=O)NC(=S)Nc2ccc(-c3nc4ccccc4[nH]3)cc2)c1. The van der Waals surface area contributed by atoms with Crippen LogP contribution in [0.25, 0.3) is 22.4 Å². The molecule has 0 spiro atoms. The third kappa shape index (κ3) is 5.31. The lowest BCUT2D eigenvalue weighted by atomic mass is 10.2. The zero-order valence-electron chi connectivity index (χ0n) is 17.9. The van der Waals surface area contributed by atoms with Crippen molar-refractivity contribution in [1.29, 1.82) is 0 Å². The molecule has 0 bridgehead atoms. The molecule has 1 amide bonds. The number of nitrogens with zero attached hydrogens (tertiary/aromatic N) is 1. The van der Waals surface area contributed by atoms with Crippen molar-refractivity contribution in [3.05, 3.63) is 78.4 Å². The molecule has 3 aromatic carbocycles. The molecule has 7 heteroatoms. The van der Waals surface area contributed by atoms with Gasteiger partial charge in [0.05, 0.1) is 17.6 Å². The third-order valence-electron chi connectivity index (χ3n) is 4.71. The minimum Gasteiger partial charge on any atom is -0.493 e. The van der Waals surface area contributed by atoms with E-state index in [1.165, 1.54) is 0 Å². The van der Waals surface area contributed by atoms with Crippen LogP contribution in [0.1, 0.15) is 24.2 Å². The molecule has 0 fully saturated rings. The van der Waals surface area contributed by atoms with Crippen molar-refractivity contribution in [3.8, 4) is 17.1 Å². The molecule has 32 heavy (non-hydrogen) atoms. The van der Waals surface area contributed by atoms with Gasteiger partial charge in [0.25, 0.3) is 5.91 Å². The zero-order chi connectivity index (χ0) is 22.5. The number of para-hydroxylation sites is 2. The van der Waals surface area contributed by atoms with Gasteiger partial charge in [0.1, 0.15) is 11.6 Å². The van der Waals surface area contributed by atoms with E-state index in [4.69, 9.17) is 17.0 Å². The van der Waals surface area contributed by atoms with Crippen LogP contribution in [0.5, 0.6) is 5.75 Å². The van der Waals surface area contributed by atoms with Crippen molar-refractivity contribution in [2.75, 3.05) is 11.9 Å². The molecule has 0 radical (unpaired) electrons. The van der Waals surface area contributed by atoms with E-state index in [1.54, 1.807) is 18.2 Å². The van der Waals surface area contributed by atoms with Crippen LogP contribution in [0.15, 0.2) is 72.8 Å². The van der Waals surface area contributed by atoms with Gasteiger partial charge in [-0.3, -0.25) is 10.1 Å². The molecule has 0 unspecified atom stereocenters. The summed E-state index contributed by atoms with van der Waals surface area (Å²) in [7, 11) is 0. The van der Waals surface area contributed by atoms with E-state index >= 15 is 0 Å². The monoisotopic (exact) mass is 444 g/mol. The highest BCUT2D eigenvalue weighted by atomic mass is 32.1. The Hall–Kier alpha value is -3.71. The normalized spacial score (nSPS) is 10.8. The predicted octanol–water partition coefficient (Wildman–Crippen LogP) is 5.39. The number of imidazole rings is 1. The van der Waals surface area contributed by atoms with E-state index in [-0.39, 0.29) is 11.0 Å². The van der Waals surface area contributed by atoms with Gasteiger partial charge < -0.3 is 15.0 Å². The van der Waals surface area contributed by atoms with Gasteiger partial charge in [0.15, 0.2) is 5.11 Å². The van der Waals surface area contributed by atoms with Crippen LogP contribution in [-0.2, 0) is 0 Å². The Balaban J connectivity index is 1.36. The molecule has 3 N–H and O–H groups in total. The van der Waals surface area contributed by atoms with E-state index < -0.39 is 0 Å². The third-order valence-corrected chi connectivity index (χ3v) is 4.92. The van der Waals surface area contributed by atoms with Crippen molar-refractivity contribution >= 4 is 40.0 Å². The highest BCUT2D eigenvalue weighted by molar-refractivity contribution is 7.80. The molecule has 0 saturated heterocycles. The Kier molecular flexibility index (Phi) is 6.47. The summed E-state index contributed by atoms with van der Waals surface area (Å²) in [6.45, 7) is 4.74. The highest BCUT2D eigenvalue weighted by Gasteiger charge is 2.10. The Morgan fingerprint density at radius 3 is 2.59 bits per heavy atom. The number of carbonyl (C=O) groups is 1. The number of aromatic nitrogens is 2. The molecule has 0 aliphatic heterocycles. The Labute approximate surface area is 192 Å². The summed E-state index contributed by atoms with van der Waals surface area (Å²) in [4.78, 5) is 20.5. The van der Waals surface area contributed by atoms with Crippen LogP contribution in [0.2, 0.25) is 0 Å². The molecule has 0 aliphatic carbocycles. The lowest BCUT2D eigenvalue weighted by Gasteiger charge is -2.12. The van der Waals surface area contributed by atoms with Crippen LogP contribution in [0, 0.1) is 5.92 Å². The lowest BCUT2D eigenvalue weighted by Crippen LogP contribution is -2.34. The van der Waals surface area contributed by atoms with E-state index in [1.807, 2.05) is 54.6 Å². The number of fused-ring (bicyclic) bond motifs is 1. The molecule has 1 heterocycles. The fraction of sp³-hybridized carbons (Fsp3) is 0.160. The van der Waals surface area contributed by atoms with E-state index in [9.17, 15) is 4.79 Å².